The lowest BCUT2D eigenvalue weighted by molar-refractivity contribution is 0.672. The third kappa shape index (κ3) is 4.55. The molecule has 0 saturated carbocycles. The van der Waals surface area contributed by atoms with Crippen LogP contribution in [0.3, 0.4) is 0 Å². The number of hydrogen-bond donors (Lipinski definition) is 0. The van der Waals surface area contributed by atoms with E-state index in [1.807, 2.05) is 108 Å². The van der Waals surface area contributed by atoms with Crippen LogP contribution >= 0.6 is 11.3 Å². The Labute approximate surface area is 293 Å². The zero-order chi connectivity index (χ0) is 35.8. The molecule has 0 fully saturated rings. The highest BCUT2D eigenvalue weighted by molar-refractivity contribution is 7.25. The zero-order valence-corrected chi connectivity index (χ0v) is 27.0. The predicted molar refractivity (Wildman–Crippen MR) is 210 cm³/mol. The van der Waals surface area contributed by atoms with Crippen LogP contribution in [-0.4, -0.2) is 0 Å². The van der Waals surface area contributed by atoms with E-state index in [0.29, 0.717) is 22.5 Å². The average molecular weight is 648 g/mol. The van der Waals surface area contributed by atoms with Crippen molar-refractivity contribution in [3.8, 4) is 22.3 Å². The van der Waals surface area contributed by atoms with Crippen molar-refractivity contribution in [3.63, 3.8) is 0 Å². The Morgan fingerprint density at radius 1 is 0.469 bits per heavy atom. The molecule has 0 N–H and O–H groups in total. The van der Waals surface area contributed by atoms with Gasteiger partial charge in [-0.1, -0.05) is 121 Å². The molecular formula is C46H29NOS. The van der Waals surface area contributed by atoms with Crippen molar-refractivity contribution in [3.05, 3.63) is 176 Å². The van der Waals surface area contributed by atoms with Gasteiger partial charge in [0.05, 0.1) is 16.6 Å². The minimum atomic E-state index is -0.125. The monoisotopic (exact) mass is 647 g/mol. The second-order valence-electron chi connectivity index (χ2n) is 12.2. The van der Waals surface area contributed by atoms with Gasteiger partial charge >= 0.3 is 0 Å². The summed E-state index contributed by atoms with van der Waals surface area (Å²) >= 11 is 1.66. The molecular weight excluding hydrogens is 615 g/mol. The van der Waals surface area contributed by atoms with Gasteiger partial charge in [-0.05, 0) is 82.2 Å². The van der Waals surface area contributed by atoms with Gasteiger partial charge < -0.3 is 9.32 Å². The third-order valence-electron chi connectivity index (χ3n) is 9.35. The number of fused-ring (bicyclic) bond motifs is 8. The molecule has 10 rings (SSSR count). The summed E-state index contributed by atoms with van der Waals surface area (Å²) < 4.78 is 47.1. The van der Waals surface area contributed by atoms with Crippen LogP contribution in [0.5, 0.6) is 0 Å². The van der Waals surface area contributed by atoms with Crippen LogP contribution in [0, 0.1) is 0 Å². The highest BCUT2D eigenvalue weighted by atomic mass is 32.1. The summed E-state index contributed by atoms with van der Waals surface area (Å²) in [6, 6.07) is 49.9. The molecule has 0 radical (unpaired) electrons. The standard InChI is InChI=1S/C46H29NOS/c1-2-10-30(11-3-1)31-20-25-34(26-21-31)47(40-16-9-17-41-45(40)39-29-24-32-12-4-5-13-37(32)46(39)48-41)35-27-22-33(23-28-35)36-15-8-19-43-44(36)38-14-6-7-18-42(38)49-43/h1-29H/i22D,23D,27D,28D. The highest BCUT2D eigenvalue weighted by Gasteiger charge is 2.21. The Hall–Kier alpha value is -6.16. The van der Waals surface area contributed by atoms with Gasteiger partial charge in [-0.15, -0.1) is 11.3 Å². The molecule has 0 bridgehead atoms. The van der Waals surface area contributed by atoms with E-state index in [-0.39, 0.29) is 35.4 Å². The van der Waals surface area contributed by atoms with Gasteiger partial charge in [0.15, 0.2) is 0 Å². The van der Waals surface area contributed by atoms with E-state index >= 15 is 0 Å². The maximum Gasteiger partial charge on any atom is 0.143 e. The summed E-state index contributed by atoms with van der Waals surface area (Å²) in [7, 11) is 0. The van der Waals surface area contributed by atoms with Crippen molar-refractivity contribution < 1.29 is 9.90 Å². The van der Waals surface area contributed by atoms with Crippen LogP contribution in [-0.2, 0) is 0 Å². The molecule has 0 aliphatic rings. The summed E-state index contributed by atoms with van der Waals surface area (Å²) in [6.45, 7) is 0. The molecule has 0 aliphatic heterocycles. The van der Waals surface area contributed by atoms with E-state index in [1.165, 1.54) is 0 Å². The van der Waals surface area contributed by atoms with Crippen molar-refractivity contribution in [2.75, 3.05) is 4.90 Å². The van der Waals surface area contributed by atoms with Gasteiger partial charge in [0, 0.05) is 42.3 Å². The van der Waals surface area contributed by atoms with E-state index in [9.17, 15) is 5.48 Å². The average Bonchev–Trinajstić information content (AvgIpc) is 3.79. The Bertz CT molecular complexity index is 3030. The first-order chi connectivity index (χ1) is 26.0. The fraction of sp³-hybridized carbons (Fsp3) is 0. The Morgan fingerprint density at radius 2 is 1.18 bits per heavy atom. The van der Waals surface area contributed by atoms with Gasteiger partial charge in [0.2, 0.25) is 0 Å². The number of hydrogen-bond acceptors (Lipinski definition) is 3. The fourth-order valence-corrected chi connectivity index (χ4v) is 8.21. The molecule has 0 amide bonds. The molecule has 0 unspecified atom stereocenters. The van der Waals surface area contributed by atoms with E-state index in [1.54, 1.807) is 11.3 Å². The number of rotatable bonds is 5. The minimum Gasteiger partial charge on any atom is -0.455 e. The molecule has 0 saturated heterocycles. The molecule has 2 aromatic heterocycles. The summed E-state index contributed by atoms with van der Waals surface area (Å²) in [5.41, 5.74) is 6.07. The molecule has 3 heteroatoms. The summed E-state index contributed by atoms with van der Waals surface area (Å²) in [6.07, 6.45) is 0. The number of thiophene rings is 1. The molecule has 2 heterocycles. The smallest absolute Gasteiger partial charge is 0.143 e. The van der Waals surface area contributed by atoms with Crippen LogP contribution in [0.4, 0.5) is 17.1 Å². The zero-order valence-electron chi connectivity index (χ0n) is 30.2. The van der Waals surface area contributed by atoms with E-state index in [0.717, 1.165) is 58.4 Å². The highest BCUT2D eigenvalue weighted by Crippen LogP contribution is 2.45. The van der Waals surface area contributed by atoms with Gasteiger partial charge in [-0.25, -0.2) is 0 Å². The van der Waals surface area contributed by atoms with Crippen LogP contribution in [0.2, 0.25) is 0 Å². The van der Waals surface area contributed by atoms with Crippen LogP contribution in [0.25, 0.3) is 75.1 Å². The Kier molecular flexibility index (Phi) is 5.51. The van der Waals surface area contributed by atoms with E-state index in [2.05, 4.69) is 48.5 Å². The van der Waals surface area contributed by atoms with Crippen molar-refractivity contribution in [2.24, 2.45) is 0 Å². The van der Waals surface area contributed by atoms with Crippen LogP contribution < -0.4 is 4.90 Å². The number of benzene rings is 8. The van der Waals surface area contributed by atoms with Gasteiger partial charge in [0.1, 0.15) is 11.2 Å². The number of furan rings is 1. The molecule has 0 spiro atoms. The van der Waals surface area contributed by atoms with Crippen molar-refractivity contribution in [1.29, 1.82) is 0 Å². The van der Waals surface area contributed by atoms with Crippen molar-refractivity contribution in [2.45, 2.75) is 0 Å². The second-order valence-corrected chi connectivity index (χ2v) is 13.2. The van der Waals surface area contributed by atoms with Gasteiger partial charge in [-0.2, -0.15) is 0 Å². The number of anilines is 3. The predicted octanol–water partition coefficient (Wildman–Crippen LogP) is 13.9. The summed E-state index contributed by atoms with van der Waals surface area (Å²) in [4.78, 5) is 1.87. The van der Waals surface area contributed by atoms with Crippen molar-refractivity contribution >= 4 is 81.3 Å². The molecule has 49 heavy (non-hydrogen) atoms. The molecule has 2 nitrogen and oxygen atoms in total. The van der Waals surface area contributed by atoms with Crippen LogP contribution in [0.1, 0.15) is 5.48 Å². The topological polar surface area (TPSA) is 16.4 Å². The van der Waals surface area contributed by atoms with E-state index in [4.69, 9.17) is 4.42 Å². The first kappa shape index (κ1) is 24.1. The maximum atomic E-state index is 9.65. The fourth-order valence-electron chi connectivity index (χ4n) is 7.08. The molecule has 10 aromatic rings. The van der Waals surface area contributed by atoms with E-state index < -0.39 is 0 Å². The summed E-state index contributed by atoms with van der Waals surface area (Å²) in [5, 5.41) is 5.78. The molecule has 8 aromatic carbocycles. The first-order valence-corrected chi connectivity index (χ1v) is 17.1. The van der Waals surface area contributed by atoms with Gasteiger partial charge in [0.25, 0.3) is 0 Å². The minimum absolute atomic E-state index is 0.0927. The SMILES string of the molecule is [2H]c1c([2H])c(N(c2ccc(-c3ccccc3)cc2)c2cccc3oc4c5ccccc5ccc4c23)c([2H])c([2H])c1-c1cccc2sc3ccccc3c12. The Balaban J connectivity index is 1.25. The normalized spacial score (nSPS) is 12.8. The first-order valence-electron chi connectivity index (χ1n) is 18.3. The molecule has 0 atom stereocenters. The van der Waals surface area contributed by atoms with Crippen LogP contribution in [0.15, 0.2) is 180 Å². The Morgan fingerprint density at radius 3 is 2.04 bits per heavy atom. The maximum absolute atomic E-state index is 9.65. The van der Waals surface area contributed by atoms with Crippen molar-refractivity contribution in [1.82, 2.24) is 0 Å². The molecule has 0 aliphatic carbocycles. The number of nitrogens with zero attached hydrogens (tertiary/aromatic N) is 1. The second kappa shape index (κ2) is 11.2. The largest absolute Gasteiger partial charge is 0.455 e. The lowest BCUT2D eigenvalue weighted by Gasteiger charge is -2.26. The van der Waals surface area contributed by atoms with Gasteiger partial charge in [-0.3, -0.25) is 0 Å². The molecule has 230 valence electrons. The third-order valence-corrected chi connectivity index (χ3v) is 10.5. The quantitative estimate of drug-likeness (QED) is 0.185. The summed E-state index contributed by atoms with van der Waals surface area (Å²) in [5.74, 6) is 0. The lowest BCUT2D eigenvalue weighted by Crippen LogP contribution is -2.10. The lowest BCUT2D eigenvalue weighted by atomic mass is 9.99.